The highest BCUT2D eigenvalue weighted by atomic mass is 35.5. The van der Waals surface area contributed by atoms with Gasteiger partial charge in [-0.25, -0.2) is 4.98 Å². The molecule has 0 radical (unpaired) electrons. The van der Waals surface area contributed by atoms with Gasteiger partial charge in [0.05, 0.1) is 16.5 Å². The molecule has 0 aliphatic carbocycles. The first-order chi connectivity index (χ1) is 16.3. The van der Waals surface area contributed by atoms with Crippen molar-refractivity contribution in [1.82, 2.24) is 19.7 Å². The quantitative estimate of drug-likeness (QED) is 0.272. The first-order valence-electron chi connectivity index (χ1n) is 10.2. The van der Waals surface area contributed by atoms with Gasteiger partial charge in [0.15, 0.2) is 16.1 Å². The molecule has 7 nitrogen and oxygen atoms in total. The molecule has 2 aromatic heterocycles. The van der Waals surface area contributed by atoms with E-state index in [2.05, 4.69) is 46.5 Å². The number of carbonyl (C=O) groups excluding carboxylic acids is 1. The number of nitrogens with one attached hydrogen (secondary N) is 1. The Hall–Kier alpha value is -2.59. The summed E-state index contributed by atoms with van der Waals surface area (Å²) in [5.41, 5.74) is 4.31. The van der Waals surface area contributed by atoms with Crippen LogP contribution in [0.15, 0.2) is 46.9 Å². The van der Waals surface area contributed by atoms with Crippen molar-refractivity contribution in [3.8, 4) is 17.0 Å². The number of carbonyl (C=O) groups is 1. The molecule has 0 saturated carbocycles. The smallest absolute Gasteiger partial charge is 0.236 e. The minimum atomic E-state index is -0.167. The van der Waals surface area contributed by atoms with Gasteiger partial charge in [0.1, 0.15) is 12.4 Å². The van der Waals surface area contributed by atoms with Crippen LogP contribution in [0.1, 0.15) is 17.0 Å². The van der Waals surface area contributed by atoms with Crippen LogP contribution < -0.4 is 10.1 Å². The standard InChI is InChI=1S/C23H21Cl2N5O2S2/c1-13-4-5-15(8-14(13)2)18-11-33-22(26-18)27-21(31)12-34-23-29-28-20(30(23)3)10-32-19-7-6-16(24)9-17(19)25/h4-9,11H,10,12H2,1-3H3,(H,26,27,31). The lowest BCUT2D eigenvalue weighted by atomic mass is 10.1. The summed E-state index contributed by atoms with van der Waals surface area (Å²) < 4.78 is 7.50. The molecule has 11 heteroatoms. The van der Waals surface area contributed by atoms with Crippen LogP contribution in [0.3, 0.4) is 0 Å². The number of rotatable bonds is 8. The van der Waals surface area contributed by atoms with Crippen LogP contribution in [0, 0.1) is 13.8 Å². The Morgan fingerprint density at radius 1 is 1.15 bits per heavy atom. The number of hydrogen-bond acceptors (Lipinski definition) is 7. The molecule has 0 fully saturated rings. The van der Waals surface area contributed by atoms with Crippen LogP contribution >= 0.6 is 46.3 Å². The zero-order valence-corrected chi connectivity index (χ0v) is 21.8. The van der Waals surface area contributed by atoms with E-state index in [4.69, 9.17) is 27.9 Å². The Morgan fingerprint density at radius 2 is 1.97 bits per heavy atom. The monoisotopic (exact) mass is 533 g/mol. The molecular formula is C23H21Cl2N5O2S2. The molecule has 4 aromatic rings. The Morgan fingerprint density at radius 3 is 2.74 bits per heavy atom. The second-order valence-corrected chi connectivity index (χ2v) is 10.1. The number of aromatic nitrogens is 4. The Kier molecular flexibility index (Phi) is 7.77. The van der Waals surface area contributed by atoms with Crippen LogP contribution in [-0.2, 0) is 18.4 Å². The number of anilines is 1. The van der Waals surface area contributed by atoms with Gasteiger partial charge >= 0.3 is 0 Å². The minimum absolute atomic E-state index is 0.167. The van der Waals surface area contributed by atoms with Crippen LogP contribution in [0.4, 0.5) is 5.13 Å². The first-order valence-corrected chi connectivity index (χ1v) is 12.8. The van der Waals surface area contributed by atoms with E-state index in [0.29, 0.717) is 31.9 Å². The molecule has 0 spiro atoms. The van der Waals surface area contributed by atoms with Crippen LogP contribution in [0.2, 0.25) is 10.0 Å². The highest BCUT2D eigenvalue weighted by Gasteiger charge is 2.14. The van der Waals surface area contributed by atoms with Gasteiger partial charge in [-0.1, -0.05) is 47.1 Å². The second-order valence-electron chi connectivity index (χ2n) is 7.50. The van der Waals surface area contributed by atoms with Gasteiger partial charge in [0.25, 0.3) is 0 Å². The van der Waals surface area contributed by atoms with E-state index >= 15 is 0 Å². The summed E-state index contributed by atoms with van der Waals surface area (Å²) in [4.78, 5) is 17.0. The number of amides is 1. The average molecular weight is 534 g/mol. The molecule has 0 unspecified atom stereocenters. The van der Waals surface area contributed by atoms with Crippen molar-refractivity contribution >= 4 is 57.3 Å². The molecular weight excluding hydrogens is 513 g/mol. The summed E-state index contributed by atoms with van der Waals surface area (Å²) in [6, 6.07) is 11.2. The molecule has 2 aromatic carbocycles. The molecule has 0 atom stereocenters. The van der Waals surface area contributed by atoms with Crippen LogP contribution in [0.25, 0.3) is 11.3 Å². The number of thioether (sulfide) groups is 1. The van der Waals surface area contributed by atoms with Gasteiger partial charge in [0.2, 0.25) is 5.91 Å². The van der Waals surface area contributed by atoms with Crippen LogP contribution in [0.5, 0.6) is 5.75 Å². The summed E-state index contributed by atoms with van der Waals surface area (Å²) in [5.74, 6) is 1.12. The molecule has 0 saturated heterocycles. The number of aryl methyl sites for hydroxylation is 2. The summed E-state index contributed by atoms with van der Waals surface area (Å²) in [6.07, 6.45) is 0. The number of ether oxygens (including phenoxy) is 1. The lowest BCUT2D eigenvalue weighted by molar-refractivity contribution is -0.113. The predicted octanol–water partition coefficient (Wildman–Crippen LogP) is 6.17. The number of benzene rings is 2. The fourth-order valence-electron chi connectivity index (χ4n) is 2.98. The van der Waals surface area contributed by atoms with Crippen molar-refractivity contribution in [3.05, 3.63) is 68.8 Å². The van der Waals surface area contributed by atoms with E-state index in [-0.39, 0.29) is 18.3 Å². The van der Waals surface area contributed by atoms with E-state index in [9.17, 15) is 4.79 Å². The Bertz CT molecular complexity index is 1340. The largest absolute Gasteiger partial charge is 0.484 e. The minimum Gasteiger partial charge on any atom is -0.484 e. The third-order valence-electron chi connectivity index (χ3n) is 5.06. The maximum absolute atomic E-state index is 12.5. The number of nitrogens with zero attached hydrogens (tertiary/aromatic N) is 4. The number of halogens is 2. The summed E-state index contributed by atoms with van der Waals surface area (Å²) in [6.45, 7) is 4.33. The van der Waals surface area contributed by atoms with Gasteiger partial charge in [-0.2, -0.15) is 0 Å². The molecule has 2 heterocycles. The Labute approximate surface area is 215 Å². The van der Waals surface area contributed by atoms with Crippen LogP contribution in [-0.4, -0.2) is 31.4 Å². The highest BCUT2D eigenvalue weighted by molar-refractivity contribution is 7.99. The second kappa shape index (κ2) is 10.8. The zero-order valence-electron chi connectivity index (χ0n) is 18.6. The molecule has 176 valence electrons. The van der Waals surface area contributed by atoms with E-state index in [1.807, 2.05) is 18.5 Å². The van der Waals surface area contributed by atoms with Gasteiger partial charge in [-0.15, -0.1) is 21.5 Å². The third-order valence-corrected chi connectivity index (χ3v) is 7.37. The van der Waals surface area contributed by atoms with Crippen molar-refractivity contribution < 1.29 is 9.53 Å². The maximum Gasteiger partial charge on any atom is 0.236 e. The van der Waals surface area contributed by atoms with E-state index < -0.39 is 0 Å². The average Bonchev–Trinajstić information content (AvgIpc) is 3.40. The molecule has 0 aliphatic rings. The molecule has 1 N–H and O–H groups in total. The predicted molar refractivity (Wildman–Crippen MR) is 138 cm³/mol. The fraction of sp³-hybridized carbons (Fsp3) is 0.217. The highest BCUT2D eigenvalue weighted by Crippen LogP contribution is 2.29. The molecule has 4 rings (SSSR count). The summed E-state index contributed by atoms with van der Waals surface area (Å²) >= 11 is 14.7. The van der Waals surface area contributed by atoms with Crippen molar-refractivity contribution in [2.45, 2.75) is 25.6 Å². The lowest BCUT2D eigenvalue weighted by Crippen LogP contribution is -2.14. The molecule has 0 aliphatic heterocycles. The SMILES string of the molecule is Cc1ccc(-c2csc(NC(=O)CSc3nnc(COc4ccc(Cl)cc4Cl)n3C)n2)cc1C. The van der Waals surface area contributed by atoms with Gasteiger partial charge in [-0.05, 0) is 49.2 Å². The van der Waals surface area contributed by atoms with E-state index in [1.165, 1.54) is 34.2 Å². The zero-order chi connectivity index (χ0) is 24.2. The normalized spacial score (nSPS) is 11.0. The van der Waals surface area contributed by atoms with E-state index in [1.54, 1.807) is 22.8 Å². The Balaban J connectivity index is 1.31. The lowest BCUT2D eigenvalue weighted by Gasteiger charge is -2.08. The number of thiazole rings is 1. The van der Waals surface area contributed by atoms with Gasteiger partial charge in [0, 0.05) is 23.0 Å². The maximum atomic E-state index is 12.5. The fourth-order valence-corrected chi connectivity index (χ4v) is 4.91. The van der Waals surface area contributed by atoms with Gasteiger partial charge < -0.3 is 14.6 Å². The first kappa shape index (κ1) is 24.5. The van der Waals surface area contributed by atoms with Crippen molar-refractivity contribution in [1.29, 1.82) is 0 Å². The molecule has 34 heavy (non-hydrogen) atoms. The topological polar surface area (TPSA) is 81.9 Å². The summed E-state index contributed by atoms with van der Waals surface area (Å²) in [5, 5.41) is 15.2. The summed E-state index contributed by atoms with van der Waals surface area (Å²) in [7, 11) is 1.82. The van der Waals surface area contributed by atoms with Gasteiger partial charge in [-0.3, -0.25) is 4.79 Å². The van der Waals surface area contributed by atoms with Crippen molar-refractivity contribution in [2.75, 3.05) is 11.1 Å². The molecule has 1 amide bonds. The molecule has 0 bridgehead atoms. The van der Waals surface area contributed by atoms with Crippen molar-refractivity contribution in [2.24, 2.45) is 7.05 Å². The third kappa shape index (κ3) is 5.90. The van der Waals surface area contributed by atoms with E-state index in [0.717, 1.165) is 11.3 Å². The number of hydrogen-bond donors (Lipinski definition) is 1. The van der Waals surface area contributed by atoms with Crippen molar-refractivity contribution in [3.63, 3.8) is 0 Å².